The lowest BCUT2D eigenvalue weighted by molar-refractivity contribution is -0.140. The molecule has 3 aliphatic rings. The molecule has 8 heteroatoms. The Labute approximate surface area is 204 Å². The third-order valence-electron chi connectivity index (χ3n) is 6.87. The van der Waals surface area contributed by atoms with Crippen molar-refractivity contribution in [1.29, 1.82) is 0 Å². The number of likely N-dealkylation sites (tertiary alicyclic amines) is 1. The zero-order chi connectivity index (χ0) is 24.5. The highest BCUT2D eigenvalue weighted by Gasteiger charge is 2.46. The number of Topliss-reactive ketones (excluding diaryl/α,β-unsaturated/α-hetero) is 1. The fraction of sp³-hybridized carbons (Fsp3) is 0.407. The summed E-state index contributed by atoms with van der Waals surface area (Å²) in [6.45, 7) is 6.18. The normalized spacial score (nSPS) is 24.0. The number of nitrogens with zero attached hydrogens (tertiary/aromatic N) is 2. The van der Waals surface area contributed by atoms with Crippen molar-refractivity contribution in [3.05, 3.63) is 64.7 Å². The maximum absolute atomic E-state index is 13.2. The maximum atomic E-state index is 13.2. The minimum absolute atomic E-state index is 0.0325. The van der Waals surface area contributed by atoms with Crippen LogP contribution in [0.2, 0.25) is 0 Å². The standard InChI is InChI=1S/C27H30N2O6/c1-17-14-20-15-19(6-7-22(20)35-17)25(31)23-24(18-4-2-5-21(30)16-18)29(27(33)26(23)32)9-3-8-28-10-12-34-13-11-28/h2,4-7,15-17,24,30-31H,3,8-14H2,1H3/t17-,24-/m0/s1. The summed E-state index contributed by atoms with van der Waals surface area (Å²) in [6, 6.07) is 11.0. The number of aliphatic hydroxyl groups is 1. The number of aromatic hydroxyl groups is 1. The van der Waals surface area contributed by atoms with Gasteiger partial charge in [0.1, 0.15) is 23.4 Å². The monoisotopic (exact) mass is 478 g/mol. The third-order valence-corrected chi connectivity index (χ3v) is 6.87. The van der Waals surface area contributed by atoms with Crippen LogP contribution in [0.15, 0.2) is 48.0 Å². The molecule has 2 atom stereocenters. The molecular weight excluding hydrogens is 448 g/mol. The molecule has 35 heavy (non-hydrogen) atoms. The van der Waals surface area contributed by atoms with E-state index in [9.17, 15) is 19.8 Å². The van der Waals surface area contributed by atoms with E-state index in [1.165, 1.54) is 17.0 Å². The third kappa shape index (κ3) is 4.63. The number of morpholine rings is 1. The van der Waals surface area contributed by atoms with Crippen LogP contribution in [-0.2, 0) is 20.7 Å². The second-order valence-corrected chi connectivity index (χ2v) is 9.35. The Morgan fingerprint density at radius 3 is 2.66 bits per heavy atom. The van der Waals surface area contributed by atoms with Crippen LogP contribution in [0.4, 0.5) is 0 Å². The van der Waals surface area contributed by atoms with E-state index < -0.39 is 17.7 Å². The maximum Gasteiger partial charge on any atom is 0.295 e. The van der Waals surface area contributed by atoms with Gasteiger partial charge in [-0.3, -0.25) is 14.5 Å². The molecule has 8 nitrogen and oxygen atoms in total. The summed E-state index contributed by atoms with van der Waals surface area (Å²) in [5, 5.41) is 21.4. The van der Waals surface area contributed by atoms with E-state index in [1.54, 1.807) is 24.3 Å². The van der Waals surface area contributed by atoms with E-state index >= 15 is 0 Å². The Morgan fingerprint density at radius 2 is 1.89 bits per heavy atom. The Kier molecular flexibility index (Phi) is 6.49. The van der Waals surface area contributed by atoms with Crippen molar-refractivity contribution in [2.24, 2.45) is 0 Å². The molecule has 0 radical (unpaired) electrons. The number of carbonyl (C=O) groups is 2. The summed E-state index contributed by atoms with van der Waals surface area (Å²) in [7, 11) is 0. The van der Waals surface area contributed by atoms with Gasteiger partial charge in [0.05, 0.1) is 24.8 Å². The Bertz CT molecular complexity index is 1170. The Balaban J connectivity index is 1.48. The van der Waals surface area contributed by atoms with Gasteiger partial charge in [0.15, 0.2) is 0 Å². The van der Waals surface area contributed by atoms with Gasteiger partial charge < -0.3 is 24.6 Å². The topological polar surface area (TPSA) is 99.5 Å². The average molecular weight is 479 g/mol. The molecule has 0 aromatic heterocycles. The highest BCUT2D eigenvalue weighted by molar-refractivity contribution is 6.46. The second-order valence-electron chi connectivity index (χ2n) is 9.35. The van der Waals surface area contributed by atoms with Crippen LogP contribution in [0.3, 0.4) is 0 Å². The second kappa shape index (κ2) is 9.71. The average Bonchev–Trinajstić information content (AvgIpc) is 3.35. The lowest BCUT2D eigenvalue weighted by atomic mass is 9.94. The number of hydrogen-bond donors (Lipinski definition) is 2. The number of amides is 1. The van der Waals surface area contributed by atoms with Crippen LogP contribution in [0.25, 0.3) is 5.76 Å². The van der Waals surface area contributed by atoms with E-state index in [0.717, 1.165) is 30.9 Å². The number of phenols is 1. The number of ether oxygens (including phenoxy) is 2. The van der Waals surface area contributed by atoms with Gasteiger partial charge in [-0.15, -0.1) is 0 Å². The summed E-state index contributed by atoms with van der Waals surface area (Å²) in [6.07, 6.45) is 1.44. The van der Waals surface area contributed by atoms with Crippen LogP contribution in [0.1, 0.15) is 36.1 Å². The molecule has 2 saturated heterocycles. The fourth-order valence-corrected chi connectivity index (χ4v) is 5.17. The van der Waals surface area contributed by atoms with Crippen LogP contribution in [-0.4, -0.2) is 77.2 Å². The molecule has 3 heterocycles. The number of hydrogen-bond acceptors (Lipinski definition) is 7. The molecule has 5 rings (SSSR count). The molecule has 2 aromatic carbocycles. The molecule has 0 spiro atoms. The van der Waals surface area contributed by atoms with E-state index in [0.29, 0.717) is 43.7 Å². The van der Waals surface area contributed by atoms with Gasteiger partial charge in [-0.2, -0.15) is 0 Å². The van der Waals surface area contributed by atoms with Gasteiger partial charge in [-0.1, -0.05) is 12.1 Å². The molecule has 3 aliphatic heterocycles. The smallest absolute Gasteiger partial charge is 0.295 e. The van der Waals surface area contributed by atoms with Crippen molar-refractivity contribution in [3.8, 4) is 11.5 Å². The molecule has 0 saturated carbocycles. The van der Waals surface area contributed by atoms with Gasteiger partial charge >= 0.3 is 0 Å². The van der Waals surface area contributed by atoms with Crippen molar-refractivity contribution >= 4 is 17.4 Å². The molecule has 2 fully saturated rings. The van der Waals surface area contributed by atoms with Gasteiger partial charge in [-0.25, -0.2) is 0 Å². The predicted octanol–water partition coefficient (Wildman–Crippen LogP) is 2.86. The minimum Gasteiger partial charge on any atom is -0.508 e. The zero-order valence-corrected chi connectivity index (χ0v) is 19.8. The quantitative estimate of drug-likeness (QED) is 0.374. The van der Waals surface area contributed by atoms with Gasteiger partial charge in [-0.05, 0) is 54.8 Å². The first kappa shape index (κ1) is 23.4. The number of benzene rings is 2. The van der Waals surface area contributed by atoms with Crippen molar-refractivity contribution in [1.82, 2.24) is 9.80 Å². The lowest BCUT2D eigenvalue weighted by Gasteiger charge is -2.29. The van der Waals surface area contributed by atoms with Gasteiger partial charge in [0.25, 0.3) is 11.7 Å². The predicted molar refractivity (Wildman–Crippen MR) is 129 cm³/mol. The summed E-state index contributed by atoms with van der Waals surface area (Å²) >= 11 is 0. The summed E-state index contributed by atoms with van der Waals surface area (Å²) in [4.78, 5) is 30.2. The highest BCUT2D eigenvalue weighted by atomic mass is 16.5. The summed E-state index contributed by atoms with van der Waals surface area (Å²) in [5.74, 6) is -0.769. The number of ketones is 1. The van der Waals surface area contributed by atoms with Crippen LogP contribution in [0.5, 0.6) is 11.5 Å². The van der Waals surface area contributed by atoms with E-state index in [4.69, 9.17) is 9.47 Å². The Hall–Kier alpha value is -3.36. The molecule has 1 amide bonds. The number of aliphatic hydroxyl groups excluding tert-OH is 1. The zero-order valence-electron chi connectivity index (χ0n) is 19.8. The van der Waals surface area contributed by atoms with Gasteiger partial charge in [0, 0.05) is 38.2 Å². The molecule has 184 valence electrons. The summed E-state index contributed by atoms with van der Waals surface area (Å²) < 4.78 is 11.2. The first-order chi connectivity index (χ1) is 16.9. The SMILES string of the molecule is C[C@H]1Cc2cc(C(O)=C3C(=O)C(=O)N(CCCN4CCOCC4)[C@H]3c3cccc(O)c3)ccc2O1. The molecule has 2 aromatic rings. The van der Waals surface area contributed by atoms with Crippen LogP contribution in [0, 0.1) is 0 Å². The van der Waals surface area contributed by atoms with Crippen molar-refractivity contribution in [3.63, 3.8) is 0 Å². The molecule has 0 bridgehead atoms. The molecule has 0 aliphatic carbocycles. The van der Waals surface area contributed by atoms with Crippen LogP contribution >= 0.6 is 0 Å². The fourth-order valence-electron chi connectivity index (χ4n) is 5.17. The number of carbonyl (C=O) groups excluding carboxylic acids is 2. The first-order valence-electron chi connectivity index (χ1n) is 12.1. The van der Waals surface area contributed by atoms with Crippen LogP contribution < -0.4 is 4.74 Å². The van der Waals surface area contributed by atoms with E-state index in [1.807, 2.05) is 13.0 Å². The van der Waals surface area contributed by atoms with Gasteiger partial charge in [0.2, 0.25) is 0 Å². The van der Waals surface area contributed by atoms with E-state index in [-0.39, 0.29) is 23.2 Å². The van der Waals surface area contributed by atoms with Crippen molar-refractivity contribution in [2.75, 3.05) is 39.4 Å². The molecule has 0 unspecified atom stereocenters. The first-order valence-corrected chi connectivity index (χ1v) is 12.1. The Morgan fingerprint density at radius 1 is 1.09 bits per heavy atom. The summed E-state index contributed by atoms with van der Waals surface area (Å²) in [5.41, 5.74) is 2.04. The van der Waals surface area contributed by atoms with Crippen molar-refractivity contribution in [2.45, 2.75) is 31.9 Å². The van der Waals surface area contributed by atoms with Crippen molar-refractivity contribution < 1.29 is 29.3 Å². The largest absolute Gasteiger partial charge is 0.508 e. The highest BCUT2D eigenvalue weighted by Crippen LogP contribution is 2.41. The van der Waals surface area contributed by atoms with E-state index in [2.05, 4.69) is 4.90 Å². The number of fused-ring (bicyclic) bond motifs is 1. The minimum atomic E-state index is -0.782. The lowest BCUT2D eigenvalue weighted by Crippen LogP contribution is -2.38. The number of phenolic OH excluding ortho intramolecular Hbond substituents is 1. The molecular formula is C27H30N2O6. The molecule has 2 N–H and O–H groups in total. The number of rotatable bonds is 6.